The van der Waals surface area contributed by atoms with Crippen LogP contribution in [0.5, 0.6) is 23.0 Å². The standard InChI is InChI=1S/C61H42O4P2/c62-66(47-25-9-3-10-26-47,49-29-17-23-45(39-49)43-19-5-1-6-20-43)51-35-37-59-55(41-51)61(53-31-13-15-33-57(53)64-58-34-16-14-32-54(58)61)56-42-52(36-38-60(56)65-59)67(63,48-27-11-4-12-28-48)50-30-18-24-46(40-50)44-21-7-2-8-22-44/h1-42H. The maximum Gasteiger partial charge on any atom is 0.171 e. The summed E-state index contributed by atoms with van der Waals surface area (Å²) in [6, 6.07) is 84.7. The van der Waals surface area contributed by atoms with Crippen LogP contribution >= 0.6 is 14.3 Å². The van der Waals surface area contributed by atoms with Crippen molar-refractivity contribution in [2.24, 2.45) is 0 Å². The van der Waals surface area contributed by atoms with Gasteiger partial charge in [-0.3, -0.25) is 0 Å². The van der Waals surface area contributed by atoms with Gasteiger partial charge in [0.15, 0.2) is 14.3 Å². The van der Waals surface area contributed by atoms with E-state index in [-0.39, 0.29) is 0 Å². The van der Waals surface area contributed by atoms with Gasteiger partial charge in [-0.15, -0.1) is 0 Å². The highest BCUT2D eigenvalue weighted by atomic mass is 31.2. The first-order valence-electron chi connectivity index (χ1n) is 22.4. The van der Waals surface area contributed by atoms with Gasteiger partial charge >= 0.3 is 0 Å². The van der Waals surface area contributed by atoms with Crippen molar-refractivity contribution < 1.29 is 18.6 Å². The van der Waals surface area contributed by atoms with Gasteiger partial charge in [0, 0.05) is 54.1 Å². The Bertz CT molecular complexity index is 3350. The third kappa shape index (κ3) is 6.51. The Kier molecular flexibility index (Phi) is 9.91. The van der Waals surface area contributed by atoms with Gasteiger partial charge in [0.25, 0.3) is 0 Å². The van der Waals surface area contributed by atoms with Gasteiger partial charge < -0.3 is 18.6 Å². The predicted octanol–water partition coefficient (Wildman–Crippen LogP) is 12.9. The average molecular weight is 901 g/mol. The molecule has 0 radical (unpaired) electrons. The second-order valence-electron chi connectivity index (χ2n) is 17.0. The van der Waals surface area contributed by atoms with Crippen LogP contribution in [0.25, 0.3) is 22.3 Å². The minimum absolute atomic E-state index is 0.634. The highest BCUT2D eigenvalue weighted by molar-refractivity contribution is 7.85. The minimum Gasteiger partial charge on any atom is -0.457 e. The van der Waals surface area contributed by atoms with Gasteiger partial charge in [0.2, 0.25) is 0 Å². The van der Waals surface area contributed by atoms with Crippen molar-refractivity contribution in [3.05, 3.63) is 277 Å². The Morgan fingerprint density at radius 1 is 0.254 bits per heavy atom. The molecule has 0 aromatic heterocycles. The summed E-state index contributed by atoms with van der Waals surface area (Å²) in [6.45, 7) is 0. The van der Waals surface area contributed by atoms with E-state index >= 15 is 9.13 Å². The number of rotatable bonds is 8. The Morgan fingerprint density at radius 3 is 0.985 bits per heavy atom. The van der Waals surface area contributed by atoms with Crippen molar-refractivity contribution >= 4 is 46.1 Å². The van der Waals surface area contributed by atoms with Gasteiger partial charge in [0.1, 0.15) is 23.0 Å². The molecule has 0 aliphatic carbocycles. The molecule has 1 spiro atoms. The number of ether oxygens (including phenoxy) is 2. The summed E-state index contributed by atoms with van der Waals surface area (Å²) in [5.74, 6) is 2.66. The number of hydrogen-bond acceptors (Lipinski definition) is 4. The lowest BCUT2D eigenvalue weighted by atomic mass is 9.62. The number of benzene rings is 10. The van der Waals surface area contributed by atoms with E-state index in [1.807, 2.05) is 182 Å². The summed E-state index contributed by atoms with van der Waals surface area (Å²) in [4.78, 5) is 0. The number of para-hydroxylation sites is 2. The lowest BCUT2D eigenvalue weighted by molar-refractivity contribution is 0.399. The molecule has 320 valence electrons. The molecule has 12 rings (SSSR count). The molecule has 0 saturated carbocycles. The molecule has 6 heteroatoms. The van der Waals surface area contributed by atoms with E-state index in [1.54, 1.807) is 0 Å². The van der Waals surface area contributed by atoms with Crippen molar-refractivity contribution in [1.29, 1.82) is 0 Å². The molecule has 10 aromatic rings. The molecule has 2 aliphatic heterocycles. The van der Waals surface area contributed by atoms with Crippen molar-refractivity contribution in [3.8, 4) is 45.3 Å². The fourth-order valence-electron chi connectivity index (χ4n) is 10.2. The Morgan fingerprint density at radius 2 is 0.567 bits per heavy atom. The van der Waals surface area contributed by atoms with Gasteiger partial charge in [0.05, 0.1) is 5.41 Å². The largest absolute Gasteiger partial charge is 0.457 e. The van der Waals surface area contributed by atoms with Crippen LogP contribution in [0.15, 0.2) is 255 Å². The SMILES string of the molecule is O=P(c1ccccc1)(c1cccc(-c2ccccc2)c1)c1ccc2c(c1)C1(c3ccccc3Oc3ccccc31)c1cc(P(=O)(c3ccccc3)c3cccc(-c4ccccc4)c3)ccc1O2. The molecule has 0 amide bonds. The zero-order chi connectivity index (χ0) is 45.0. The van der Waals surface area contributed by atoms with E-state index < -0.39 is 19.7 Å². The smallest absolute Gasteiger partial charge is 0.171 e. The predicted molar refractivity (Wildman–Crippen MR) is 275 cm³/mol. The van der Waals surface area contributed by atoms with Crippen LogP contribution in [0.2, 0.25) is 0 Å². The summed E-state index contributed by atoms with van der Waals surface area (Å²) in [7, 11) is -7.14. The first-order chi connectivity index (χ1) is 33.0. The zero-order valence-electron chi connectivity index (χ0n) is 36.3. The summed E-state index contributed by atoms with van der Waals surface area (Å²) in [6.07, 6.45) is 0. The molecule has 0 N–H and O–H groups in total. The van der Waals surface area contributed by atoms with E-state index in [0.29, 0.717) is 33.6 Å². The molecule has 2 aliphatic rings. The Labute approximate surface area is 390 Å². The fraction of sp³-hybridized carbons (Fsp3) is 0.0164. The lowest BCUT2D eigenvalue weighted by Crippen LogP contribution is -2.39. The third-order valence-corrected chi connectivity index (χ3v) is 19.4. The van der Waals surface area contributed by atoms with Crippen molar-refractivity contribution in [2.75, 3.05) is 0 Å². The van der Waals surface area contributed by atoms with E-state index in [0.717, 1.165) is 65.7 Å². The van der Waals surface area contributed by atoms with E-state index in [2.05, 4.69) is 72.8 Å². The average Bonchev–Trinajstić information content (AvgIpc) is 3.41. The highest BCUT2D eigenvalue weighted by Crippen LogP contribution is 2.62. The van der Waals surface area contributed by atoms with Crippen LogP contribution in [0, 0.1) is 0 Å². The maximum absolute atomic E-state index is 16.6. The van der Waals surface area contributed by atoms with Crippen molar-refractivity contribution in [3.63, 3.8) is 0 Å². The van der Waals surface area contributed by atoms with E-state index in [4.69, 9.17) is 9.47 Å². The van der Waals surface area contributed by atoms with Crippen LogP contribution in [0.4, 0.5) is 0 Å². The topological polar surface area (TPSA) is 52.6 Å². The minimum atomic E-state index is -3.57. The van der Waals surface area contributed by atoms with Crippen molar-refractivity contribution in [2.45, 2.75) is 5.41 Å². The molecule has 0 fully saturated rings. The maximum atomic E-state index is 16.6. The summed E-state index contributed by atoms with van der Waals surface area (Å²) >= 11 is 0. The zero-order valence-corrected chi connectivity index (χ0v) is 38.1. The van der Waals surface area contributed by atoms with Gasteiger partial charge in [-0.2, -0.15) is 0 Å². The summed E-state index contributed by atoms with van der Waals surface area (Å²) in [5, 5.41) is 4.23. The molecule has 2 atom stereocenters. The second-order valence-corrected chi connectivity index (χ2v) is 22.6. The Balaban J connectivity index is 1.14. The number of fused-ring (bicyclic) bond motifs is 8. The van der Waals surface area contributed by atoms with Crippen LogP contribution in [0.1, 0.15) is 22.3 Å². The monoisotopic (exact) mass is 900 g/mol. The number of hydrogen-bond donors (Lipinski definition) is 0. The quantitative estimate of drug-likeness (QED) is 0.143. The molecule has 2 unspecified atom stereocenters. The summed E-state index contributed by atoms with van der Waals surface area (Å²) in [5.41, 5.74) is 6.41. The molecular formula is C61H42O4P2. The van der Waals surface area contributed by atoms with Crippen LogP contribution in [-0.2, 0) is 14.5 Å². The van der Waals surface area contributed by atoms with E-state index in [9.17, 15) is 0 Å². The first-order valence-corrected chi connectivity index (χ1v) is 25.9. The lowest BCUT2D eigenvalue weighted by Gasteiger charge is -2.45. The van der Waals surface area contributed by atoms with Crippen LogP contribution < -0.4 is 41.3 Å². The summed E-state index contributed by atoms with van der Waals surface area (Å²) < 4.78 is 47.0. The fourth-order valence-corrected chi connectivity index (χ4v) is 15.6. The molecular weight excluding hydrogens is 859 g/mol. The van der Waals surface area contributed by atoms with E-state index in [1.165, 1.54) is 0 Å². The van der Waals surface area contributed by atoms with Gasteiger partial charge in [-0.25, -0.2) is 0 Å². The molecule has 0 bridgehead atoms. The molecule has 2 heterocycles. The first kappa shape index (κ1) is 40.7. The molecule has 4 nitrogen and oxygen atoms in total. The second kappa shape index (κ2) is 16.3. The molecule has 67 heavy (non-hydrogen) atoms. The molecule has 10 aromatic carbocycles. The van der Waals surface area contributed by atoms with Gasteiger partial charge in [-0.05, 0) is 82.9 Å². The van der Waals surface area contributed by atoms with Crippen LogP contribution in [-0.4, -0.2) is 0 Å². The van der Waals surface area contributed by atoms with Crippen LogP contribution in [0.3, 0.4) is 0 Å². The van der Waals surface area contributed by atoms with Crippen molar-refractivity contribution in [1.82, 2.24) is 0 Å². The van der Waals surface area contributed by atoms with Gasteiger partial charge in [-0.1, -0.05) is 194 Å². The Hall–Kier alpha value is -7.74. The molecule has 0 saturated heterocycles. The third-order valence-electron chi connectivity index (χ3n) is 13.4. The highest BCUT2D eigenvalue weighted by Gasteiger charge is 2.52. The normalized spacial score (nSPS) is 14.7.